The van der Waals surface area contributed by atoms with Crippen LogP contribution in [0.4, 0.5) is 11.6 Å². The fourth-order valence-corrected chi connectivity index (χ4v) is 4.68. The fourth-order valence-electron chi connectivity index (χ4n) is 4.68. The van der Waals surface area contributed by atoms with Gasteiger partial charge in [-0.15, -0.1) is 0 Å². The largest absolute Gasteiger partial charge is 0.367 e. The molecule has 0 aromatic carbocycles. The van der Waals surface area contributed by atoms with Crippen molar-refractivity contribution in [1.29, 1.82) is 0 Å². The molecule has 7 nitrogen and oxygen atoms in total. The normalized spacial score (nSPS) is 27.3. The standard InChI is InChI=1S/C20H32N6O/c1-14-3-5-15(6-4-14)24-19-17-11-26(16-7-9-21-10-8-16)18(27)12-25(2)20(17)23-13-22-19/h13-16,21H,3-12H2,1-2H3,(H,22,23,24). The zero-order valence-electron chi connectivity index (χ0n) is 16.6. The van der Waals surface area contributed by atoms with E-state index in [-0.39, 0.29) is 5.91 Å². The summed E-state index contributed by atoms with van der Waals surface area (Å²) in [4.78, 5) is 26.1. The molecule has 3 aliphatic rings. The molecule has 1 amide bonds. The number of hydrogen-bond donors (Lipinski definition) is 2. The van der Waals surface area contributed by atoms with Gasteiger partial charge in [0.2, 0.25) is 5.91 Å². The lowest BCUT2D eigenvalue weighted by Crippen LogP contribution is -2.47. The predicted octanol–water partition coefficient (Wildman–Crippen LogP) is 2.00. The van der Waals surface area contributed by atoms with E-state index in [1.165, 1.54) is 25.7 Å². The maximum atomic E-state index is 12.9. The van der Waals surface area contributed by atoms with Crippen molar-refractivity contribution in [1.82, 2.24) is 20.2 Å². The number of amides is 1. The van der Waals surface area contributed by atoms with E-state index in [1.54, 1.807) is 6.33 Å². The molecule has 2 fully saturated rings. The topological polar surface area (TPSA) is 73.4 Å². The van der Waals surface area contributed by atoms with Gasteiger partial charge in [0, 0.05) is 19.1 Å². The first kappa shape index (κ1) is 18.5. The molecule has 0 spiro atoms. The first-order valence-electron chi connectivity index (χ1n) is 10.4. The van der Waals surface area contributed by atoms with Crippen molar-refractivity contribution in [3.05, 3.63) is 11.9 Å². The van der Waals surface area contributed by atoms with Gasteiger partial charge >= 0.3 is 0 Å². The quantitative estimate of drug-likeness (QED) is 0.845. The molecule has 1 aromatic rings. The average molecular weight is 373 g/mol. The van der Waals surface area contributed by atoms with Crippen LogP contribution in [-0.2, 0) is 11.3 Å². The van der Waals surface area contributed by atoms with Crippen LogP contribution in [0.15, 0.2) is 6.33 Å². The number of anilines is 2. The number of fused-ring (bicyclic) bond motifs is 1. The Morgan fingerprint density at radius 1 is 1.07 bits per heavy atom. The molecule has 1 aromatic heterocycles. The van der Waals surface area contributed by atoms with Gasteiger partial charge in [-0.1, -0.05) is 6.92 Å². The lowest BCUT2D eigenvalue weighted by atomic mass is 9.87. The number of carbonyl (C=O) groups is 1. The maximum Gasteiger partial charge on any atom is 0.242 e. The highest BCUT2D eigenvalue weighted by Gasteiger charge is 2.32. The molecule has 1 saturated heterocycles. The van der Waals surface area contributed by atoms with Crippen LogP contribution in [0.3, 0.4) is 0 Å². The van der Waals surface area contributed by atoms with Crippen LogP contribution in [0.5, 0.6) is 0 Å². The molecule has 4 rings (SSSR count). The van der Waals surface area contributed by atoms with Crippen molar-refractivity contribution < 1.29 is 4.79 Å². The number of hydrogen-bond acceptors (Lipinski definition) is 6. The maximum absolute atomic E-state index is 12.9. The minimum atomic E-state index is 0.194. The van der Waals surface area contributed by atoms with Gasteiger partial charge in [0.1, 0.15) is 18.0 Å². The molecule has 7 heteroatoms. The Kier molecular flexibility index (Phi) is 5.48. The molecule has 27 heavy (non-hydrogen) atoms. The molecule has 2 N–H and O–H groups in total. The molecule has 1 saturated carbocycles. The van der Waals surface area contributed by atoms with E-state index in [9.17, 15) is 4.79 Å². The smallest absolute Gasteiger partial charge is 0.242 e. The summed E-state index contributed by atoms with van der Waals surface area (Å²) < 4.78 is 0. The number of nitrogens with zero attached hydrogens (tertiary/aromatic N) is 4. The third-order valence-corrected chi connectivity index (χ3v) is 6.41. The Bertz CT molecular complexity index is 666. The Morgan fingerprint density at radius 3 is 2.56 bits per heavy atom. The first-order chi connectivity index (χ1) is 13.1. The van der Waals surface area contributed by atoms with E-state index in [0.29, 0.717) is 25.2 Å². The van der Waals surface area contributed by atoms with Crippen molar-refractivity contribution in [2.45, 2.75) is 64.1 Å². The molecular weight excluding hydrogens is 340 g/mol. The van der Waals surface area contributed by atoms with Crippen LogP contribution in [-0.4, -0.2) is 59.5 Å². The second kappa shape index (κ2) is 8.00. The summed E-state index contributed by atoms with van der Waals surface area (Å²) in [5, 5.41) is 7.08. The number of aromatic nitrogens is 2. The van der Waals surface area contributed by atoms with Crippen molar-refractivity contribution >= 4 is 17.5 Å². The minimum Gasteiger partial charge on any atom is -0.367 e. The molecule has 0 bridgehead atoms. The molecule has 0 atom stereocenters. The van der Waals surface area contributed by atoms with E-state index in [0.717, 1.165) is 49.0 Å². The van der Waals surface area contributed by atoms with Gasteiger partial charge in [-0.2, -0.15) is 0 Å². The van der Waals surface area contributed by atoms with E-state index in [4.69, 9.17) is 0 Å². The highest BCUT2D eigenvalue weighted by Crippen LogP contribution is 2.32. The second-order valence-corrected chi connectivity index (χ2v) is 8.48. The van der Waals surface area contributed by atoms with E-state index >= 15 is 0 Å². The van der Waals surface area contributed by atoms with Crippen molar-refractivity contribution in [3.63, 3.8) is 0 Å². The third kappa shape index (κ3) is 4.03. The van der Waals surface area contributed by atoms with Crippen LogP contribution >= 0.6 is 0 Å². The van der Waals surface area contributed by atoms with Crippen LogP contribution in [0.25, 0.3) is 0 Å². The number of rotatable bonds is 3. The van der Waals surface area contributed by atoms with Crippen molar-refractivity contribution in [3.8, 4) is 0 Å². The fraction of sp³-hybridized carbons (Fsp3) is 0.750. The zero-order valence-corrected chi connectivity index (χ0v) is 16.6. The molecule has 3 heterocycles. The summed E-state index contributed by atoms with van der Waals surface area (Å²) in [6, 6.07) is 0.776. The number of carbonyl (C=O) groups excluding carboxylic acids is 1. The highest BCUT2D eigenvalue weighted by molar-refractivity contribution is 5.84. The molecule has 2 aliphatic heterocycles. The van der Waals surface area contributed by atoms with Crippen LogP contribution in [0.1, 0.15) is 51.0 Å². The van der Waals surface area contributed by atoms with Gasteiger partial charge in [-0.05, 0) is 57.5 Å². The van der Waals surface area contributed by atoms with Gasteiger partial charge in [0.25, 0.3) is 0 Å². The van der Waals surface area contributed by atoms with Gasteiger partial charge < -0.3 is 20.4 Å². The van der Waals surface area contributed by atoms with E-state index in [2.05, 4.69) is 32.4 Å². The zero-order chi connectivity index (χ0) is 18.8. The van der Waals surface area contributed by atoms with Crippen molar-refractivity contribution in [2.24, 2.45) is 5.92 Å². The van der Waals surface area contributed by atoms with Gasteiger partial charge in [0.15, 0.2) is 0 Å². The Hall–Kier alpha value is -1.89. The SMILES string of the molecule is CC1CCC(Nc2ncnc3c2CN(C2CCNCC2)C(=O)CN3C)CC1. The summed E-state index contributed by atoms with van der Waals surface area (Å²) in [6.45, 7) is 5.29. The lowest BCUT2D eigenvalue weighted by Gasteiger charge is -2.34. The van der Waals surface area contributed by atoms with Gasteiger partial charge in [-0.25, -0.2) is 9.97 Å². The monoisotopic (exact) mass is 372 g/mol. The minimum absolute atomic E-state index is 0.194. The van der Waals surface area contributed by atoms with Gasteiger partial charge in [-0.3, -0.25) is 4.79 Å². The third-order valence-electron chi connectivity index (χ3n) is 6.41. The van der Waals surface area contributed by atoms with Gasteiger partial charge in [0.05, 0.1) is 18.7 Å². The van der Waals surface area contributed by atoms with E-state index in [1.807, 2.05) is 11.9 Å². The second-order valence-electron chi connectivity index (χ2n) is 8.48. The molecule has 0 radical (unpaired) electrons. The summed E-state index contributed by atoms with van der Waals surface area (Å²) in [6.07, 6.45) is 8.58. The van der Waals surface area contributed by atoms with Crippen LogP contribution < -0.4 is 15.5 Å². The first-order valence-corrected chi connectivity index (χ1v) is 10.4. The Morgan fingerprint density at radius 2 is 1.81 bits per heavy atom. The summed E-state index contributed by atoms with van der Waals surface area (Å²) >= 11 is 0. The average Bonchev–Trinajstić information content (AvgIpc) is 2.81. The van der Waals surface area contributed by atoms with Crippen LogP contribution in [0.2, 0.25) is 0 Å². The molecule has 0 unspecified atom stereocenters. The summed E-state index contributed by atoms with van der Waals surface area (Å²) in [5.74, 6) is 2.83. The number of piperidine rings is 1. The predicted molar refractivity (Wildman–Crippen MR) is 107 cm³/mol. The summed E-state index contributed by atoms with van der Waals surface area (Å²) in [7, 11) is 1.96. The molecule has 1 aliphatic carbocycles. The van der Waals surface area contributed by atoms with Crippen molar-refractivity contribution in [2.75, 3.05) is 36.9 Å². The summed E-state index contributed by atoms with van der Waals surface area (Å²) in [5.41, 5.74) is 1.07. The van der Waals surface area contributed by atoms with Crippen LogP contribution in [0, 0.1) is 5.92 Å². The van der Waals surface area contributed by atoms with E-state index < -0.39 is 0 Å². The number of likely N-dealkylation sites (N-methyl/N-ethyl adjacent to an activating group) is 1. The number of nitrogens with one attached hydrogen (secondary N) is 2. The highest BCUT2D eigenvalue weighted by atomic mass is 16.2. The molecule has 148 valence electrons. The Balaban J connectivity index is 1.59. The Labute approximate surface area is 161 Å². The molecular formula is C20H32N6O. The lowest BCUT2D eigenvalue weighted by molar-refractivity contribution is -0.133.